The van der Waals surface area contributed by atoms with Crippen molar-refractivity contribution in [3.05, 3.63) is 29.3 Å². The predicted octanol–water partition coefficient (Wildman–Crippen LogP) is 2.26. The van der Waals surface area contributed by atoms with Crippen molar-refractivity contribution in [1.29, 1.82) is 0 Å². The van der Waals surface area contributed by atoms with Gasteiger partial charge >= 0.3 is 0 Å². The maximum absolute atomic E-state index is 10.6. The molecule has 0 aliphatic carbocycles. The Balaban J connectivity index is 3.02. The van der Waals surface area contributed by atoms with Gasteiger partial charge in [-0.15, -0.1) is 0 Å². The van der Waals surface area contributed by atoms with Crippen LogP contribution in [0.5, 0.6) is 0 Å². The second kappa shape index (κ2) is 4.08. The first kappa shape index (κ1) is 9.78. The third-order valence-electron chi connectivity index (χ3n) is 2.30. The zero-order chi connectivity index (χ0) is 9.84. The van der Waals surface area contributed by atoms with Crippen LogP contribution in [0.4, 0.5) is 5.69 Å². The molecule has 1 rings (SSSR count). The maximum Gasteiger partial charge on any atom is 0.150 e. The molecule has 1 aromatic rings. The number of hydrogen-bond acceptors (Lipinski definition) is 2. The lowest BCUT2D eigenvalue weighted by Crippen LogP contribution is -2.15. The summed E-state index contributed by atoms with van der Waals surface area (Å²) < 4.78 is 0. The molecule has 0 fully saturated rings. The van der Waals surface area contributed by atoms with Crippen LogP contribution in [0.1, 0.15) is 22.8 Å². The third kappa shape index (κ3) is 2.08. The molecule has 0 aliphatic heterocycles. The average molecular weight is 177 g/mol. The van der Waals surface area contributed by atoms with E-state index in [1.54, 1.807) is 0 Å². The molecule has 0 atom stereocenters. The molecule has 0 radical (unpaired) electrons. The van der Waals surface area contributed by atoms with Gasteiger partial charge in [0, 0.05) is 24.8 Å². The van der Waals surface area contributed by atoms with Crippen molar-refractivity contribution in [2.75, 3.05) is 18.5 Å². The molecule has 13 heavy (non-hydrogen) atoms. The van der Waals surface area contributed by atoms with Crippen molar-refractivity contribution in [2.45, 2.75) is 13.8 Å². The molecule has 0 aromatic heterocycles. The quantitative estimate of drug-likeness (QED) is 0.660. The fourth-order valence-electron chi connectivity index (χ4n) is 1.21. The second-order valence-electron chi connectivity index (χ2n) is 3.17. The van der Waals surface area contributed by atoms with Crippen LogP contribution in [0.2, 0.25) is 0 Å². The summed E-state index contributed by atoms with van der Waals surface area (Å²) in [6, 6.07) is 5.87. The largest absolute Gasteiger partial charge is 0.375 e. The first-order valence-corrected chi connectivity index (χ1v) is 4.46. The highest BCUT2D eigenvalue weighted by atomic mass is 16.1. The Labute approximate surface area is 79.2 Å². The van der Waals surface area contributed by atoms with Gasteiger partial charge in [0.2, 0.25) is 0 Å². The maximum atomic E-state index is 10.6. The fourth-order valence-corrected chi connectivity index (χ4v) is 1.21. The number of anilines is 1. The number of rotatable bonds is 3. The van der Waals surface area contributed by atoms with E-state index in [0.29, 0.717) is 0 Å². The molecule has 0 heterocycles. The number of benzene rings is 1. The SMILES string of the molecule is CCN(C)c1ccc(C=O)c(C)c1. The van der Waals surface area contributed by atoms with E-state index in [2.05, 4.69) is 11.8 Å². The van der Waals surface area contributed by atoms with E-state index >= 15 is 0 Å². The smallest absolute Gasteiger partial charge is 0.150 e. The Morgan fingerprint density at radius 1 is 1.46 bits per heavy atom. The molecular weight excluding hydrogens is 162 g/mol. The van der Waals surface area contributed by atoms with Gasteiger partial charge in [-0.25, -0.2) is 0 Å². The molecular formula is C11H15NO. The van der Waals surface area contributed by atoms with E-state index in [0.717, 1.165) is 29.6 Å². The monoisotopic (exact) mass is 177 g/mol. The van der Waals surface area contributed by atoms with Gasteiger partial charge in [-0.1, -0.05) is 0 Å². The second-order valence-corrected chi connectivity index (χ2v) is 3.17. The third-order valence-corrected chi connectivity index (χ3v) is 2.30. The number of carbonyl (C=O) groups is 1. The predicted molar refractivity (Wildman–Crippen MR) is 55.5 cm³/mol. The van der Waals surface area contributed by atoms with Crippen molar-refractivity contribution >= 4 is 12.0 Å². The zero-order valence-electron chi connectivity index (χ0n) is 8.37. The Hall–Kier alpha value is -1.31. The van der Waals surface area contributed by atoms with Gasteiger partial charge in [-0.05, 0) is 37.6 Å². The Morgan fingerprint density at radius 3 is 2.62 bits per heavy atom. The average Bonchev–Trinajstić information content (AvgIpc) is 2.16. The van der Waals surface area contributed by atoms with Crippen LogP contribution in [0.15, 0.2) is 18.2 Å². The summed E-state index contributed by atoms with van der Waals surface area (Å²) in [5, 5.41) is 0. The summed E-state index contributed by atoms with van der Waals surface area (Å²) >= 11 is 0. The van der Waals surface area contributed by atoms with Crippen molar-refractivity contribution in [2.24, 2.45) is 0 Å². The Kier molecular flexibility index (Phi) is 3.07. The lowest BCUT2D eigenvalue weighted by atomic mass is 10.1. The van der Waals surface area contributed by atoms with Gasteiger partial charge in [-0.3, -0.25) is 4.79 Å². The molecule has 0 unspecified atom stereocenters. The lowest BCUT2D eigenvalue weighted by Gasteiger charge is -2.17. The normalized spacial score (nSPS) is 9.77. The van der Waals surface area contributed by atoms with Crippen molar-refractivity contribution in [1.82, 2.24) is 0 Å². The fraction of sp³-hybridized carbons (Fsp3) is 0.364. The minimum atomic E-state index is 0.772. The van der Waals surface area contributed by atoms with E-state index in [1.807, 2.05) is 32.2 Å². The number of aldehydes is 1. The van der Waals surface area contributed by atoms with Crippen LogP contribution in [0, 0.1) is 6.92 Å². The summed E-state index contributed by atoms with van der Waals surface area (Å²) in [4.78, 5) is 12.7. The first-order valence-electron chi connectivity index (χ1n) is 4.46. The molecule has 2 nitrogen and oxygen atoms in total. The minimum Gasteiger partial charge on any atom is -0.375 e. The van der Waals surface area contributed by atoms with Gasteiger partial charge in [-0.2, -0.15) is 0 Å². The van der Waals surface area contributed by atoms with Crippen molar-refractivity contribution in [3.8, 4) is 0 Å². The lowest BCUT2D eigenvalue weighted by molar-refractivity contribution is 0.112. The van der Waals surface area contributed by atoms with Gasteiger partial charge in [0.25, 0.3) is 0 Å². The highest BCUT2D eigenvalue weighted by molar-refractivity contribution is 5.78. The highest BCUT2D eigenvalue weighted by Crippen LogP contribution is 2.16. The summed E-state index contributed by atoms with van der Waals surface area (Å²) in [5.41, 5.74) is 2.96. The molecule has 0 N–H and O–H groups in total. The topological polar surface area (TPSA) is 20.3 Å². The van der Waals surface area contributed by atoms with E-state index in [1.165, 1.54) is 0 Å². The Morgan fingerprint density at radius 2 is 2.15 bits per heavy atom. The number of carbonyl (C=O) groups excluding carboxylic acids is 1. The Bertz CT molecular complexity index is 307. The van der Waals surface area contributed by atoms with E-state index in [4.69, 9.17) is 0 Å². The summed E-state index contributed by atoms with van der Waals surface area (Å²) in [7, 11) is 2.04. The van der Waals surface area contributed by atoms with Crippen LogP contribution < -0.4 is 4.90 Å². The molecule has 2 heteroatoms. The van der Waals surface area contributed by atoms with Crippen LogP contribution in [0.25, 0.3) is 0 Å². The van der Waals surface area contributed by atoms with Crippen LogP contribution >= 0.6 is 0 Å². The summed E-state index contributed by atoms with van der Waals surface area (Å²) in [6.07, 6.45) is 0.894. The minimum absolute atomic E-state index is 0.772. The molecule has 0 bridgehead atoms. The van der Waals surface area contributed by atoms with Crippen LogP contribution in [-0.4, -0.2) is 19.9 Å². The van der Waals surface area contributed by atoms with E-state index < -0.39 is 0 Å². The van der Waals surface area contributed by atoms with Gasteiger partial charge in [0.15, 0.2) is 0 Å². The van der Waals surface area contributed by atoms with E-state index in [-0.39, 0.29) is 0 Å². The zero-order valence-corrected chi connectivity index (χ0v) is 8.37. The van der Waals surface area contributed by atoms with Gasteiger partial charge < -0.3 is 4.90 Å². The molecule has 70 valence electrons. The highest BCUT2D eigenvalue weighted by Gasteiger charge is 2.01. The van der Waals surface area contributed by atoms with Crippen LogP contribution in [0.3, 0.4) is 0 Å². The standard InChI is InChI=1S/C11H15NO/c1-4-12(3)11-6-5-10(8-13)9(2)7-11/h5-8H,4H2,1-3H3. The summed E-state index contributed by atoms with van der Waals surface area (Å²) in [6.45, 7) is 5.03. The molecule has 0 amide bonds. The molecule has 1 aromatic carbocycles. The molecule has 0 saturated carbocycles. The van der Waals surface area contributed by atoms with Crippen molar-refractivity contribution in [3.63, 3.8) is 0 Å². The molecule has 0 saturated heterocycles. The molecule has 0 aliphatic rings. The van der Waals surface area contributed by atoms with Gasteiger partial charge in [0.05, 0.1) is 0 Å². The van der Waals surface area contributed by atoms with Crippen molar-refractivity contribution < 1.29 is 4.79 Å². The number of aryl methyl sites for hydroxylation is 1. The first-order chi connectivity index (χ1) is 6.19. The summed E-state index contributed by atoms with van der Waals surface area (Å²) in [5.74, 6) is 0. The van der Waals surface area contributed by atoms with E-state index in [9.17, 15) is 4.79 Å². The molecule has 0 spiro atoms. The van der Waals surface area contributed by atoms with Crippen LogP contribution in [-0.2, 0) is 0 Å². The number of nitrogens with zero attached hydrogens (tertiary/aromatic N) is 1. The number of hydrogen-bond donors (Lipinski definition) is 0. The van der Waals surface area contributed by atoms with Gasteiger partial charge in [0.1, 0.15) is 6.29 Å².